The van der Waals surface area contributed by atoms with Crippen molar-refractivity contribution in [3.05, 3.63) is 48.0 Å². The predicted molar refractivity (Wildman–Crippen MR) is 131 cm³/mol. The van der Waals surface area contributed by atoms with E-state index in [4.69, 9.17) is 14.2 Å². The molecule has 0 radical (unpaired) electrons. The van der Waals surface area contributed by atoms with E-state index in [0.29, 0.717) is 45.6 Å². The van der Waals surface area contributed by atoms with Crippen molar-refractivity contribution < 1.29 is 23.7 Å². The van der Waals surface area contributed by atoms with E-state index in [2.05, 4.69) is 20.1 Å². The van der Waals surface area contributed by atoms with Crippen LogP contribution in [0.3, 0.4) is 0 Å². The van der Waals surface area contributed by atoms with Gasteiger partial charge in [0.25, 0.3) is 0 Å². The summed E-state index contributed by atoms with van der Waals surface area (Å²) >= 11 is 0. The van der Waals surface area contributed by atoms with Crippen LogP contribution in [0.1, 0.15) is 25.0 Å². The van der Waals surface area contributed by atoms with E-state index < -0.39 is 11.9 Å². The molecule has 35 heavy (non-hydrogen) atoms. The number of likely N-dealkylation sites (tertiary alicyclic amines) is 1. The summed E-state index contributed by atoms with van der Waals surface area (Å²) in [7, 11) is 1.54. The van der Waals surface area contributed by atoms with Gasteiger partial charge in [0.2, 0.25) is 0 Å². The van der Waals surface area contributed by atoms with E-state index in [9.17, 15) is 5.11 Å². The Kier molecular flexibility index (Phi) is 6.70. The second-order valence-electron chi connectivity index (χ2n) is 8.95. The Morgan fingerprint density at radius 3 is 2.69 bits per heavy atom. The number of benzene rings is 2. The third kappa shape index (κ3) is 5.01. The predicted octanol–water partition coefficient (Wildman–Crippen LogP) is 4.59. The maximum Gasteiger partial charge on any atom is 0.175 e. The van der Waals surface area contributed by atoms with Gasteiger partial charge in [-0.2, -0.15) is 10.2 Å². The van der Waals surface area contributed by atoms with Crippen LogP contribution in [-0.4, -0.2) is 64.6 Å². The molecule has 1 saturated heterocycles. The molecule has 184 valence electrons. The van der Waals surface area contributed by atoms with Gasteiger partial charge in [0.15, 0.2) is 28.8 Å². The summed E-state index contributed by atoms with van der Waals surface area (Å²) in [6, 6.07) is 8.52. The maximum absolute atomic E-state index is 15.1. The average Bonchev–Trinajstić information content (AvgIpc) is 3.26. The molecule has 3 heterocycles. The fourth-order valence-electron chi connectivity index (χ4n) is 4.56. The van der Waals surface area contributed by atoms with Gasteiger partial charge in [-0.1, -0.05) is 6.42 Å². The number of hydrogen-bond acceptors (Lipinski definition) is 7. The molecule has 2 N–H and O–H groups in total. The first kappa shape index (κ1) is 23.3. The lowest BCUT2D eigenvalue weighted by Gasteiger charge is -2.28. The summed E-state index contributed by atoms with van der Waals surface area (Å²) in [5.41, 5.74) is 2.07. The van der Waals surface area contributed by atoms with Crippen molar-refractivity contribution in [1.82, 2.24) is 20.1 Å². The number of aryl methyl sites for hydroxylation is 1. The summed E-state index contributed by atoms with van der Waals surface area (Å²) in [5.74, 6) is 0.880. The lowest BCUT2D eigenvalue weighted by Crippen LogP contribution is -2.38. The minimum atomic E-state index is -0.621. The van der Waals surface area contributed by atoms with E-state index >= 15 is 4.39 Å². The number of nitrogens with one attached hydrogen (secondary N) is 1. The fourth-order valence-corrected chi connectivity index (χ4v) is 4.56. The summed E-state index contributed by atoms with van der Waals surface area (Å²) in [4.78, 5) is 5.37. The molecule has 2 aromatic heterocycles. The zero-order valence-electron chi connectivity index (χ0n) is 19.9. The Balaban J connectivity index is 1.37. The molecule has 8 nitrogen and oxygen atoms in total. The van der Waals surface area contributed by atoms with Gasteiger partial charge in [0.05, 0.1) is 18.7 Å². The number of hydrogen-bond donors (Lipinski definition) is 2. The van der Waals surface area contributed by atoms with Gasteiger partial charge in [0, 0.05) is 29.2 Å². The zero-order chi connectivity index (χ0) is 24.4. The Morgan fingerprint density at radius 1 is 1.06 bits per heavy atom. The van der Waals surface area contributed by atoms with Gasteiger partial charge in [-0.05, 0) is 57.1 Å². The van der Waals surface area contributed by atoms with E-state index in [-0.39, 0.29) is 12.4 Å². The number of β-amino-alcohol motifs (C(OH)–C–C–N with tert-alkyl or cyclic N) is 1. The largest absolute Gasteiger partial charge is 0.493 e. The number of ether oxygens (including phenoxy) is 3. The van der Waals surface area contributed by atoms with Crippen molar-refractivity contribution in [2.45, 2.75) is 32.3 Å². The molecular formula is C26H29FN4O4. The Bertz CT molecular complexity index is 1340. The highest BCUT2D eigenvalue weighted by molar-refractivity contribution is 5.88. The number of H-pyrrole nitrogens is 1. The number of aliphatic hydroxyl groups excluding tert-OH is 1. The van der Waals surface area contributed by atoms with Gasteiger partial charge in [-0.25, -0.2) is 4.39 Å². The molecule has 9 heteroatoms. The highest BCUT2D eigenvalue weighted by Crippen LogP contribution is 2.38. The van der Waals surface area contributed by atoms with Crippen molar-refractivity contribution in [2.75, 3.05) is 33.4 Å². The first-order chi connectivity index (χ1) is 17.0. The third-order valence-electron chi connectivity index (χ3n) is 6.29. The minimum absolute atomic E-state index is 0.0888. The molecule has 1 aliphatic heterocycles. The van der Waals surface area contributed by atoms with Crippen molar-refractivity contribution in [3.8, 4) is 23.0 Å². The number of nitrogens with zero attached hydrogens (tertiary/aromatic N) is 3. The monoisotopic (exact) mass is 480 g/mol. The topological polar surface area (TPSA) is 92.7 Å². The van der Waals surface area contributed by atoms with E-state index in [1.54, 1.807) is 30.3 Å². The molecule has 1 atom stereocenters. The molecule has 2 aromatic carbocycles. The smallest absolute Gasteiger partial charge is 0.175 e. The van der Waals surface area contributed by atoms with Gasteiger partial charge < -0.3 is 29.2 Å². The van der Waals surface area contributed by atoms with Crippen LogP contribution in [-0.2, 0) is 0 Å². The number of rotatable bonds is 8. The molecule has 0 spiro atoms. The van der Waals surface area contributed by atoms with Crippen LogP contribution in [0.2, 0.25) is 0 Å². The number of aromatic nitrogens is 3. The molecule has 0 amide bonds. The first-order valence-corrected chi connectivity index (χ1v) is 11.8. The lowest BCUT2D eigenvalue weighted by molar-refractivity contribution is 0.0609. The fraction of sp³-hybridized carbons (Fsp3) is 0.385. The number of fused-ring (bicyclic) bond motifs is 2. The summed E-state index contributed by atoms with van der Waals surface area (Å²) in [5, 5.41) is 19.7. The molecule has 4 aromatic rings. The molecule has 0 bridgehead atoms. The van der Waals surface area contributed by atoms with Gasteiger partial charge >= 0.3 is 0 Å². The molecule has 5 rings (SSSR count). The van der Waals surface area contributed by atoms with Crippen LogP contribution in [0.4, 0.5) is 4.39 Å². The van der Waals surface area contributed by atoms with Crippen LogP contribution in [0.5, 0.6) is 23.0 Å². The van der Waals surface area contributed by atoms with E-state index in [0.717, 1.165) is 31.6 Å². The highest BCUT2D eigenvalue weighted by Gasteiger charge is 2.18. The van der Waals surface area contributed by atoms with Crippen LogP contribution < -0.4 is 14.2 Å². The SMILES string of the molecule is COc1cc2c(Oc3ccc4[nH]c(C)cc4c3F)cnnc2cc1OCC(O)CN1CCCCC1. The quantitative estimate of drug-likeness (QED) is 0.381. The van der Waals surface area contributed by atoms with Gasteiger partial charge in [0.1, 0.15) is 18.2 Å². The minimum Gasteiger partial charge on any atom is -0.493 e. The van der Waals surface area contributed by atoms with Gasteiger partial charge in [-0.3, -0.25) is 0 Å². The Labute approximate surface area is 202 Å². The van der Waals surface area contributed by atoms with E-state index in [1.165, 1.54) is 19.7 Å². The van der Waals surface area contributed by atoms with Crippen LogP contribution in [0.25, 0.3) is 21.8 Å². The molecule has 0 saturated carbocycles. The van der Waals surface area contributed by atoms with E-state index in [1.807, 2.05) is 6.92 Å². The van der Waals surface area contributed by atoms with Crippen molar-refractivity contribution in [2.24, 2.45) is 0 Å². The van der Waals surface area contributed by atoms with Crippen molar-refractivity contribution in [3.63, 3.8) is 0 Å². The molecule has 0 aliphatic carbocycles. The molecule has 1 aliphatic rings. The lowest BCUT2D eigenvalue weighted by atomic mass is 10.1. The number of piperidine rings is 1. The van der Waals surface area contributed by atoms with Crippen LogP contribution in [0, 0.1) is 12.7 Å². The van der Waals surface area contributed by atoms with Crippen LogP contribution in [0.15, 0.2) is 36.5 Å². The number of aromatic amines is 1. The van der Waals surface area contributed by atoms with Gasteiger partial charge in [-0.15, -0.1) is 0 Å². The maximum atomic E-state index is 15.1. The third-order valence-corrected chi connectivity index (χ3v) is 6.29. The summed E-state index contributed by atoms with van der Waals surface area (Å²) < 4.78 is 32.4. The normalized spacial score (nSPS) is 15.4. The van der Waals surface area contributed by atoms with Crippen LogP contribution >= 0.6 is 0 Å². The van der Waals surface area contributed by atoms with Crippen molar-refractivity contribution in [1.29, 1.82) is 0 Å². The zero-order valence-corrected chi connectivity index (χ0v) is 19.9. The standard InChI is InChI=1S/C26H29FN4O4/c1-16-10-19-20(29-16)6-7-22(26(19)27)35-25-13-28-30-21-12-24(23(33-2)11-18(21)25)34-15-17(32)14-31-8-4-3-5-9-31/h6-7,10-13,17,29,32H,3-5,8-9,14-15H2,1-2H3. The molecular weight excluding hydrogens is 451 g/mol. The van der Waals surface area contributed by atoms with Crippen molar-refractivity contribution >= 4 is 21.8 Å². The summed E-state index contributed by atoms with van der Waals surface area (Å²) in [6.07, 6.45) is 4.40. The molecule has 1 fully saturated rings. The second kappa shape index (κ2) is 10.1. The summed E-state index contributed by atoms with van der Waals surface area (Å²) in [6.45, 7) is 4.59. The average molecular weight is 481 g/mol. The number of aliphatic hydroxyl groups is 1. The second-order valence-corrected chi connectivity index (χ2v) is 8.95. The molecule has 1 unspecified atom stereocenters. The number of halogens is 1. The first-order valence-electron chi connectivity index (χ1n) is 11.8. The Morgan fingerprint density at radius 2 is 1.89 bits per heavy atom. The Hall–Kier alpha value is -3.43. The highest BCUT2D eigenvalue weighted by atomic mass is 19.1. The number of methoxy groups -OCH3 is 1.